The molecule has 1 aromatic carbocycles. The van der Waals surface area contributed by atoms with Crippen LogP contribution in [0.1, 0.15) is 27.7 Å². The van der Waals surface area contributed by atoms with Gasteiger partial charge in [-0.1, -0.05) is 12.1 Å². The Morgan fingerprint density at radius 3 is 2.47 bits per heavy atom. The average molecular weight is 262 g/mol. The van der Waals surface area contributed by atoms with Gasteiger partial charge in [0, 0.05) is 0 Å². The zero-order valence-corrected chi connectivity index (χ0v) is 11.5. The SMILES string of the molecule is CC1(C)Nc2ccccc2N(C(C)(C)C(=O)O)C1=O. The number of rotatable bonds is 2. The van der Waals surface area contributed by atoms with Crippen LogP contribution in [0, 0.1) is 0 Å². The Kier molecular flexibility index (Phi) is 2.81. The van der Waals surface area contributed by atoms with E-state index in [4.69, 9.17) is 0 Å². The summed E-state index contributed by atoms with van der Waals surface area (Å²) >= 11 is 0. The molecule has 1 amide bonds. The molecule has 2 rings (SSSR count). The minimum absolute atomic E-state index is 0.251. The fourth-order valence-corrected chi connectivity index (χ4v) is 2.20. The normalized spacial score (nSPS) is 17.7. The predicted molar refractivity (Wildman–Crippen MR) is 73.3 cm³/mol. The molecule has 0 atom stereocenters. The summed E-state index contributed by atoms with van der Waals surface area (Å²) in [5, 5.41) is 12.5. The second kappa shape index (κ2) is 3.98. The summed E-state index contributed by atoms with van der Waals surface area (Å²) in [5.41, 5.74) is -0.770. The lowest BCUT2D eigenvalue weighted by atomic mass is 9.92. The molecule has 1 heterocycles. The zero-order valence-electron chi connectivity index (χ0n) is 11.5. The van der Waals surface area contributed by atoms with Crippen molar-refractivity contribution in [3.63, 3.8) is 0 Å². The van der Waals surface area contributed by atoms with Crippen LogP contribution in [-0.2, 0) is 9.59 Å². The maximum atomic E-state index is 12.6. The molecular weight excluding hydrogens is 244 g/mol. The molecule has 5 heteroatoms. The molecule has 1 aliphatic heterocycles. The van der Waals surface area contributed by atoms with Gasteiger partial charge < -0.3 is 10.4 Å². The van der Waals surface area contributed by atoms with Gasteiger partial charge in [0.05, 0.1) is 11.4 Å². The number of anilines is 2. The minimum Gasteiger partial charge on any atom is -0.480 e. The molecule has 0 bridgehead atoms. The summed E-state index contributed by atoms with van der Waals surface area (Å²) in [5.74, 6) is -1.29. The lowest BCUT2D eigenvalue weighted by Gasteiger charge is -2.45. The van der Waals surface area contributed by atoms with Gasteiger partial charge in [0.25, 0.3) is 5.91 Å². The van der Waals surface area contributed by atoms with Gasteiger partial charge in [-0.25, -0.2) is 4.79 Å². The van der Waals surface area contributed by atoms with Crippen molar-refractivity contribution in [2.75, 3.05) is 10.2 Å². The first-order chi connectivity index (χ1) is 8.68. The number of carboxylic acid groups (broad SMARTS) is 1. The number of benzene rings is 1. The molecule has 102 valence electrons. The van der Waals surface area contributed by atoms with Crippen LogP contribution in [0.15, 0.2) is 24.3 Å². The van der Waals surface area contributed by atoms with Crippen molar-refractivity contribution in [3.8, 4) is 0 Å². The van der Waals surface area contributed by atoms with E-state index in [0.717, 1.165) is 5.69 Å². The highest BCUT2D eigenvalue weighted by molar-refractivity contribution is 6.11. The van der Waals surface area contributed by atoms with Gasteiger partial charge in [-0.3, -0.25) is 9.69 Å². The van der Waals surface area contributed by atoms with E-state index in [-0.39, 0.29) is 5.91 Å². The maximum absolute atomic E-state index is 12.6. The number of carbonyl (C=O) groups is 2. The van der Waals surface area contributed by atoms with Gasteiger partial charge in [-0.15, -0.1) is 0 Å². The zero-order chi connectivity index (χ0) is 14.4. The van der Waals surface area contributed by atoms with Gasteiger partial charge in [0.2, 0.25) is 0 Å². The number of fused-ring (bicyclic) bond motifs is 1. The van der Waals surface area contributed by atoms with E-state index in [1.165, 1.54) is 18.7 Å². The predicted octanol–water partition coefficient (Wildman–Crippen LogP) is 2.09. The topological polar surface area (TPSA) is 69.6 Å². The molecule has 0 saturated carbocycles. The number of nitrogens with one attached hydrogen (secondary N) is 1. The number of para-hydroxylation sites is 2. The third-order valence-corrected chi connectivity index (χ3v) is 3.41. The third kappa shape index (κ3) is 1.95. The van der Waals surface area contributed by atoms with E-state index in [1.54, 1.807) is 26.0 Å². The van der Waals surface area contributed by atoms with Crippen LogP contribution >= 0.6 is 0 Å². The van der Waals surface area contributed by atoms with Gasteiger partial charge in [0.15, 0.2) is 0 Å². The Hall–Kier alpha value is -2.04. The number of amides is 1. The second-order valence-electron chi connectivity index (χ2n) is 5.77. The highest BCUT2D eigenvalue weighted by Gasteiger charge is 2.47. The lowest BCUT2D eigenvalue weighted by Crippen LogP contribution is -2.63. The molecule has 0 saturated heterocycles. The number of hydrogen-bond donors (Lipinski definition) is 2. The van der Waals surface area contributed by atoms with E-state index in [2.05, 4.69) is 5.32 Å². The van der Waals surface area contributed by atoms with E-state index in [0.29, 0.717) is 5.69 Å². The van der Waals surface area contributed by atoms with Gasteiger partial charge >= 0.3 is 5.97 Å². The number of hydrogen-bond acceptors (Lipinski definition) is 3. The van der Waals surface area contributed by atoms with Crippen molar-refractivity contribution in [2.24, 2.45) is 0 Å². The van der Waals surface area contributed by atoms with Crippen molar-refractivity contribution < 1.29 is 14.7 Å². The summed E-state index contributed by atoms with van der Waals surface area (Å²) in [7, 11) is 0. The van der Waals surface area contributed by atoms with Crippen LogP contribution in [-0.4, -0.2) is 28.1 Å². The van der Waals surface area contributed by atoms with Crippen molar-refractivity contribution in [3.05, 3.63) is 24.3 Å². The number of nitrogens with zero attached hydrogens (tertiary/aromatic N) is 1. The summed E-state index contributed by atoms with van der Waals surface area (Å²) in [6, 6.07) is 7.23. The number of carbonyl (C=O) groups excluding carboxylic acids is 1. The second-order valence-corrected chi connectivity index (χ2v) is 5.77. The molecule has 1 aromatic rings. The standard InChI is InChI=1S/C14H18N2O3/c1-13(2)11(17)16(14(3,4)12(18)19)10-8-6-5-7-9(10)15-13/h5-8,15H,1-4H3,(H,18,19). The smallest absolute Gasteiger partial charge is 0.329 e. The molecule has 0 fully saturated rings. The van der Waals surface area contributed by atoms with Crippen molar-refractivity contribution in [1.29, 1.82) is 0 Å². The Labute approximate surface area is 112 Å². The fraction of sp³-hybridized carbons (Fsp3) is 0.429. The Morgan fingerprint density at radius 2 is 1.89 bits per heavy atom. The summed E-state index contributed by atoms with van der Waals surface area (Å²) in [4.78, 5) is 25.4. The largest absolute Gasteiger partial charge is 0.480 e. The molecule has 0 unspecified atom stereocenters. The fourth-order valence-electron chi connectivity index (χ4n) is 2.20. The van der Waals surface area contributed by atoms with Crippen LogP contribution < -0.4 is 10.2 Å². The van der Waals surface area contributed by atoms with E-state index in [1.807, 2.05) is 12.1 Å². The molecule has 1 aliphatic rings. The first-order valence-corrected chi connectivity index (χ1v) is 6.13. The molecule has 19 heavy (non-hydrogen) atoms. The summed E-state index contributed by atoms with van der Waals surface area (Å²) in [6.07, 6.45) is 0. The Morgan fingerprint density at radius 1 is 1.32 bits per heavy atom. The number of aliphatic carboxylic acids is 1. The Balaban J connectivity index is 2.64. The highest BCUT2D eigenvalue weighted by atomic mass is 16.4. The molecule has 2 N–H and O–H groups in total. The van der Waals surface area contributed by atoms with Crippen molar-refractivity contribution in [2.45, 2.75) is 38.8 Å². The molecule has 0 aromatic heterocycles. The van der Waals surface area contributed by atoms with Crippen LogP contribution in [0.5, 0.6) is 0 Å². The van der Waals surface area contributed by atoms with Crippen LogP contribution in [0.25, 0.3) is 0 Å². The van der Waals surface area contributed by atoms with Crippen LogP contribution in [0.4, 0.5) is 11.4 Å². The first kappa shape index (κ1) is 13.4. The highest BCUT2D eigenvalue weighted by Crippen LogP contribution is 2.39. The summed E-state index contributed by atoms with van der Waals surface area (Å²) in [6.45, 7) is 6.56. The maximum Gasteiger partial charge on any atom is 0.329 e. The molecule has 0 radical (unpaired) electrons. The minimum atomic E-state index is -1.30. The monoisotopic (exact) mass is 262 g/mol. The number of carboxylic acids is 1. The molecular formula is C14H18N2O3. The third-order valence-electron chi connectivity index (χ3n) is 3.41. The quantitative estimate of drug-likeness (QED) is 0.856. The molecule has 5 nitrogen and oxygen atoms in total. The lowest BCUT2D eigenvalue weighted by molar-refractivity contribution is -0.144. The van der Waals surface area contributed by atoms with Crippen LogP contribution in [0.2, 0.25) is 0 Å². The Bertz CT molecular complexity index is 549. The van der Waals surface area contributed by atoms with Gasteiger partial charge in [-0.05, 0) is 39.8 Å². The molecule has 0 spiro atoms. The average Bonchev–Trinajstić information content (AvgIpc) is 2.29. The summed E-state index contributed by atoms with van der Waals surface area (Å²) < 4.78 is 0. The van der Waals surface area contributed by atoms with E-state index >= 15 is 0 Å². The first-order valence-electron chi connectivity index (χ1n) is 6.13. The van der Waals surface area contributed by atoms with Crippen molar-refractivity contribution in [1.82, 2.24) is 0 Å². The molecule has 0 aliphatic carbocycles. The van der Waals surface area contributed by atoms with Crippen molar-refractivity contribution >= 4 is 23.3 Å². The van der Waals surface area contributed by atoms with Crippen LogP contribution in [0.3, 0.4) is 0 Å². The van der Waals surface area contributed by atoms with E-state index < -0.39 is 17.0 Å². The van der Waals surface area contributed by atoms with E-state index in [9.17, 15) is 14.7 Å². The van der Waals surface area contributed by atoms with Gasteiger partial charge in [0.1, 0.15) is 11.1 Å². The van der Waals surface area contributed by atoms with Gasteiger partial charge in [-0.2, -0.15) is 0 Å².